The maximum atomic E-state index is 11.3. The maximum absolute atomic E-state index is 11.3. The van der Waals surface area contributed by atoms with E-state index in [0.717, 1.165) is 17.8 Å². The predicted molar refractivity (Wildman–Crippen MR) is 88.7 cm³/mol. The molecule has 3 aliphatic carbocycles. The van der Waals surface area contributed by atoms with Gasteiger partial charge in [-0.05, 0) is 77.7 Å². The summed E-state index contributed by atoms with van der Waals surface area (Å²) in [4.78, 5) is 11.3. The van der Waals surface area contributed by atoms with Crippen LogP contribution in [0.5, 0.6) is 0 Å². The Bertz CT molecular complexity index is 558. The Labute approximate surface area is 129 Å². The molecule has 0 aromatic carbocycles. The SMILES string of the molecule is O=C(O)S1=CC=C2CCC3C(CCC4CCCCC43)C2=C1. The highest BCUT2D eigenvalue weighted by Crippen LogP contribution is 2.55. The quantitative estimate of drug-likeness (QED) is 0.626. The monoisotopic (exact) mass is 304 g/mol. The largest absolute Gasteiger partial charge is 0.473 e. The molecule has 0 radical (unpaired) electrons. The summed E-state index contributed by atoms with van der Waals surface area (Å²) in [6.45, 7) is 0. The summed E-state index contributed by atoms with van der Waals surface area (Å²) in [5.74, 6) is 3.40. The molecular formula is C18H24O2S. The summed E-state index contributed by atoms with van der Waals surface area (Å²) in [5.41, 5.74) is 2.86. The van der Waals surface area contributed by atoms with E-state index in [2.05, 4.69) is 11.5 Å². The maximum Gasteiger partial charge on any atom is 0.363 e. The van der Waals surface area contributed by atoms with Crippen LogP contribution in [-0.2, 0) is 0 Å². The third-order valence-corrected chi connectivity index (χ3v) is 7.61. The van der Waals surface area contributed by atoms with Crippen molar-refractivity contribution in [2.45, 2.75) is 51.4 Å². The van der Waals surface area contributed by atoms with Crippen LogP contribution in [0.25, 0.3) is 0 Å². The summed E-state index contributed by atoms with van der Waals surface area (Å²) in [6, 6.07) is 0. The van der Waals surface area contributed by atoms with Gasteiger partial charge in [-0.3, -0.25) is 0 Å². The molecular weight excluding hydrogens is 280 g/mol. The zero-order valence-electron chi connectivity index (χ0n) is 12.5. The standard InChI is InChI=1S/C18H24O2S/c19-18(20)21-10-9-13-6-7-15-14-4-2-1-3-12(14)5-8-16(15)17(13)11-21/h9-12,14-16H,1-8H2,(H,19,20). The van der Waals surface area contributed by atoms with Gasteiger partial charge in [0, 0.05) is 0 Å². The van der Waals surface area contributed by atoms with Crippen LogP contribution in [0, 0.1) is 23.7 Å². The predicted octanol–water partition coefficient (Wildman–Crippen LogP) is 5.19. The minimum absolute atomic E-state index is 0.660. The van der Waals surface area contributed by atoms with Crippen LogP contribution in [-0.4, -0.2) is 15.8 Å². The third-order valence-electron chi connectivity index (χ3n) is 6.27. The van der Waals surface area contributed by atoms with Gasteiger partial charge in [0.05, 0.1) is 0 Å². The van der Waals surface area contributed by atoms with Crippen molar-refractivity contribution in [3.63, 3.8) is 0 Å². The molecule has 5 unspecified atom stereocenters. The molecule has 4 rings (SSSR count). The van der Waals surface area contributed by atoms with Gasteiger partial charge in [0.1, 0.15) is 0 Å². The third kappa shape index (κ3) is 2.34. The molecule has 3 saturated carbocycles. The average Bonchev–Trinajstić information content (AvgIpc) is 2.53. The van der Waals surface area contributed by atoms with Crippen LogP contribution in [0.4, 0.5) is 4.79 Å². The van der Waals surface area contributed by atoms with Gasteiger partial charge in [0.25, 0.3) is 0 Å². The molecule has 1 N–H and O–H groups in total. The molecule has 1 aliphatic heterocycles. The van der Waals surface area contributed by atoms with Crippen molar-refractivity contribution in [2.24, 2.45) is 23.7 Å². The van der Waals surface area contributed by atoms with Crippen molar-refractivity contribution in [1.29, 1.82) is 0 Å². The second-order valence-electron chi connectivity index (χ2n) is 7.13. The highest BCUT2D eigenvalue weighted by atomic mass is 32.2. The minimum atomic E-state index is -0.686. The molecule has 0 bridgehead atoms. The fraction of sp³-hybridized carbons (Fsp3) is 0.667. The number of carbonyl (C=O) groups is 1. The van der Waals surface area contributed by atoms with Gasteiger partial charge in [-0.1, -0.05) is 35.8 Å². The van der Waals surface area contributed by atoms with Gasteiger partial charge in [-0.25, -0.2) is 4.79 Å². The second kappa shape index (κ2) is 5.42. The van der Waals surface area contributed by atoms with Crippen molar-refractivity contribution in [3.8, 4) is 0 Å². The molecule has 1 heterocycles. The van der Waals surface area contributed by atoms with Crippen molar-refractivity contribution < 1.29 is 9.90 Å². The van der Waals surface area contributed by atoms with E-state index in [1.807, 2.05) is 5.37 Å². The fourth-order valence-electron chi connectivity index (χ4n) is 5.35. The topological polar surface area (TPSA) is 37.3 Å². The van der Waals surface area contributed by atoms with Gasteiger partial charge in [0.15, 0.2) is 0 Å². The summed E-state index contributed by atoms with van der Waals surface area (Å²) in [7, 11) is -0.686. The number of fused-ring (bicyclic) bond motifs is 5. The summed E-state index contributed by atoms with van der Waals surface area (Å²) in [5, 5.41) is 12.6. The first kappa shape index (κ1) is 13.8. The van der Waals surface area contributed by atoms with Crippen LogP contribution in [0.15, 0.2) is 22.6 Å². The van der Waals surface area contributed by atoms with E-state index in [1.54, 1.807) is 0 Å². The van der Waals surface area contributed by atoms with E-state index in [0.29, 0.717) is 5.92 Å². The van der Waals surface area contributed by atoms with Crippen LogP contribution < -0.4 is 0 Å². The van der Waals surface area contributed by atoms with Gasteiger partial charge in [0.2, 0.25) is 0 Å². The van der Waals surface area contributed by atoms with E-state index in [-0.39, 0.29) is 0 Å². The lowest BCUT2D eigenvalue weighted by Gasteiger charge is -2.49. The molecule has 0 spiro atoms. The van der Waals surface area contributed by atoms with Crippen LogP contribution in [0.1, 0.15) is 51.4 Å². The highest BCUT2D eigenvalue weighted by molar-refractivity contribution is 8.29. The van der Waals surface area contributed by atoms with Crippen molar-refractivity contribution in [2.75, 3.05) is 0 Å². The van der Waals surface area contributed by atoms with Gasteiger partial charge in [-0.2, -0.15) is 0 Å². The minimum Gasteiger partial charge on any atom is -0.473 e. The molecule has 5 atom stereocenters. The molecule has 0 aromatic rings. The fourth-order valence-corrected chi connectivity index (χ4v) is 6.56. The normalized spacial score (nSPS) is 41.6. The lowest BCUT2D eigenvalue weighted by atomic mass is 9.56. The van der Waals surface area contributed by atoms with Gasteiger partial charge >= 0.3 is 5.30 Å². The molecule has 0 aromatic heterocycles. The smallest absolute Gasteiger partial charge is 0.363 e. The number of carboxylic acid groups (broad SMARTS) is 1. The Kier molecular flexibility index (Phi) is 3.56. The molecule has 114 valence electrons. The first-order valence-corrected chi connectivity index (χ1v) is 9.80. The van der Waals surface area contributed by atoms with Crippen molar-refractivity contribution in [3.05, 3.63) is 22.6 Å². The number of rotatable bonds is 0. The molecule has 0 saturated heterocycles. The van der Waals surface area contributed by atoms with Crippen LogP contribution >= 0.6 is 10.5 Å². The van der Waals surface area contributed by atoms with E-state index in [1.165, 1.54) is 62.5 Å². The van der Waals surface area contributed by atoms with Crippen LogP contribution in [0.3, 0.4) is 0 Å². The van der Waals surface area contributed by atoms with Crippen molar-refractivity contribution >= 4 is 21.2 Å². The first-order chi connectivity index (χ1) is 10.2. The molecule has 0 amide bonds. The Morgan fingerprint density at radius 3 is 2.81 bits per heavy atom. The zero-order valence-corrected chi connectivity index (χ0v) is 13.3. The number of allylic oxidation sites excluding steroid dienone is 3. The average molecular weight is 304 g/mol. The van der Waals surface area contributed by atoms with E-state index in [9.17, 15) is 9.90 Å². The van der Waals surface area contributed by atoms with Crippen molar-refractivity contribution in [1.82, 2.24) is 0 Å². The molecule has 4 aliphatic rings. The van der Waals surface area contributed by atoms with E-state index in [4.69, 9.17) is 0 Å². The summed E-state index contributed by atoms with van der Waals surface area (Å²) < 4.78 is 0. The second-order valence-corrected chi connectivity index (χ2v) is 8.73. The molecule has 2 nitrogen and oxygen atoms in total. The Hall–Kier alpha value is -0.830. The van der Waals surface area contributed by atoms with Crippen LogP contribution in [0.2, 0.25) is 0 Å². The van der Waals surface area contributed by atoms with Gasteiger partial charge in [-0.15, -0.1) is 0 Å². The number of hydrogen-bond donors (Lipinski definition) is 1. The van der Waals surface area contributed by atoms with Gasteiger partial charge < -0.3 is 5.11 Å². The Morgan fingerprint density at radius 1 is 1.10 bits per heavy atom. The zero-order chi connectivity index (χ0) is 14.4. The molecule has 3 fully saturated rings. The Balaban J connectivity index is 1.65. The Morgan fingerprint density at radius 2 is 1.95 bits per heavy atom. The summed E-state index contributed by atoms with van der Waals surface area (Å²) >= 11 is 0. The lowest BCUT2D eigenvalue weighted by Crippen LogP contribution is -2.39. The molecule has 21 heavy (non-hydrogen) atoms. The number of hydrogen-bond acceptors (Lipinski definition) is 1. The van der Waals surface area contributed by atoms with E-state index < -0.39 is 15.8 Å². The first-order valence-electron chi connectivity index (χ1n) is 8.45. The molecule has 3 heteroatoms. The van der Waals surface area contributed by atoms with E-state index >= 15 is 0 Å². The highest BCUT2D eigenvalue weighted by Gasteiger charge is 2.44. The lowest BCUT2D eigenvalue weighted by molar-refractivity contribution is 0.0578. The summed E-state index contributed by atoms with van der Waals surface area (Å²) in [6.07, 6.45) is 13.0.